The summed E-state index contributed by atoms with van der Waals surface area (Å²) in [7, 11) is 0. The number of ether oxygens (including phenoxy) is 1. The molecule has 1 saturated carbocycles. The molecule has 1 saturated heterocycles. The van der Waals surface area contributed by atoms with Crippen LogP contribution in [0.2, 0.25) is 0 Å². The zero-order chi connectivity index (χ0) is 8.06. The van der Waals surface area contributed by atoms with Gasteiger partial charge in [-0.25, -0.2) is 0 Å². The fourth-order valence-electron chi connectivity index (χ4n) is 1.87. The molecular formula is C7H12O4. The maximum atomic E-state index is 9.61. The Labute approximate surface area is 64.4 Å². The first-order chi connectivity index (χ1) is 5.11. The lowest BCUT2D eigenvalue weighted by molar-refractivity contribution is -0.0926. The SMILES string of the molecule is O[C@@H]1[C@H](O)C[C@@]2(O)CO[C@@H]1C2. The quantitative estimate of drug-likeness (QED) is 0.409. The lowest BCUT2D eigenvalue weighted by Crippen LogP contribution is -2.47. The molecule has 4 atom stereocenters. The topological polar surface area (TPSA) is 69.9 Å². The third kappa shape index (κ3) is 1.06. The van der Waals surface area contributed by atoms with Crippen LogP contribution in [0.1, 0.15) is 12.8 Å². The first-order valence-electron chi connectivity index (χ1n) is 3.81. The van der Waals surface area contributed by atoms with Crippen molar-refractivity contribution >= 4 is 0 Å². The molecular weight excluding hydrogens is 148 g/mol. The molecule has 1 heterocycles. The highest BCUT2D eigenvalue weighted by Gasteiger charge is 2.50. The lowest BCUT2D eigenvalue weighted by atomic mass is 9.83. The molecule has 1 aliphatic heterocycles. The van der Waals surface area contributed by atoms with Crippen LogP contribution in [-0.4, -0.2) is 45.8 Å². The monoisotopic (exact) mass is 160 g/mol. The predicted molar refractivity (Wildman–Crippen MR) is 35.9 cm³/mol. The van der Waals surface area contributed by atoms with Crippen LogP contribution in [0.15, 0.2) is 0 Å². The summed E-state index contributed by atoms with van der Waals surface area (Å²) < 4.78 is 5.10. The largest absolute Gasteiger partial charge is 0.390 e. The van der Waals surface area contributed by atoms with Gasteiger partial charge in [-0.1, -0.05) is 0 Å². The smallest absolute Gasteiger partial charge is 0.106 e. The van der Waals surface area contributed by atoms with Crippen molar-refractivity contribution < 1.29 is 20.1 Å². The van der Waals surface area contributed by atoms with Gasteiger partial charge in [-0.3, -0.25) is 0 Å². The molecule has 1 aliphatic carbocycles. The van der Waals surface area contributed by atoms with Crippen molar-refractivity contribution in [1.29, 1.82) is 0 Å². The van der Waals surface area contributed by atoms with E-state index in [4.69, 9.17) is 4.74 Å². The standard InChI is InChI=1S/C7H12O4/c8-4-1-7(10)2-5(6(4)9)11-3-7/h4-6,8-10H,1-3H2/t4-,5-,6-,7+/m1/s1. The summed E-state index contributed by atoms with van der Waals surface area (Å²) in [6, 6.07) is 0. The second-order valence-corrected chi connectivity index (χ2v) is 3.54. The molecule has 0 amide bonds. The maximum Gasteiger partial charge on any atom is 0.106 e. The van der Waals surface area contributed by atoms with Crippen LogP contribution in [0.3, 0.4) is 0 Å². The number of aliphatic hydroxyl groups is 3. The van der Waals surface area contributed by atoms with Gasteiger partial charge in [0.25, 0.3) is 0 Å². The Morgan fingerprint density at radius 3 is 2.73 bits per heavy atom. The molecule has 2 aliphatic rings. The van der Waals surface area contributed by atoms with Crippen LogP contribution in [0.5, 0.6) is 0 Å². The number of aliphatic hydroxyl groups excluding tert-OH is 2. The van der Waals surface area contributed by atoms with E-state index in [1.165, 1.54) is 0 Å². The van der Waals surface area contributed by atoms with Crippen LogP contribution in [-0.2, 0) is 4.74 Å². The fraction of sp³-hybridized carbons (Fsp3) is 1.00. The average molecular weight is 160 g/mol. The van der Waals surface area contributed by atoms with Crippen LogP contribution in [0.25, 0.3) is 0 Å². The first-order valence-corrected chi connectivity index (χ1v) is 3.81. The maximum absolute atomic E-state index is 9.61. The van der Waals surface area contributed by atoms with E-state index in [1.807, 2.05) is 0 Å². The summed E-state index contributed by atoms with van der Waals surface area (Å²) >= 11 is 0. The fourth-order valence-corrected chi connectivity index (χ4v) is 1.87. The van der Waals surface area contributed by atoms with E-state index in [2.05, 4.69) is 0 Å². The zero-order valence-electron chi connectivity index (χ0n) is 6.10. The number of hydrogen-bond acceptors (Lipinski definition) is 4. The van der Waals surface area contributed by atoms with Gasteiger partial charge in [0, 0.05) is 12.8 Å². The highest BCUT2D eigenvalue weighted by molar-refractivity contribution is 5.00. The van der Waals surface area contributed by atoms with E-state index < -0.39 is 17.8 Å². The molecule has 2 rings (SSSR count). The second kappa shape index (κ2) is 2.17. The molecule has 0 aromatic heterocycles. The van der Waals surface area contributed by atoms with E-state index in [0.717, 1.165) is 0 Å². The van der Waals surface area contributed by atoms with Gasteiger partial charge < -0.3 is 20.1 Å². The Balaban J connectivity index is 2.17. The van der Waals surface area contributed by atoms with E-state index in [0.29, 0.717) is 6.42 Å². The van der Waals surface area contributed by atoms with Crippen molar-refractivity contribution in [2.24, 2.45) is 0 Å². The van der Waals surface area contributed by atoms with Gasteiger partial charge in [-0.05, 0) is 0 Å². The van der Waals surface area contributed by atoms with E-state index >= 15 is 0 Å². The van der Waals surface area contributed by atoms with Crippen molar-refractivity contribution in [2.75, 3.05) is 6.61 Å². The van der Waals surface area contributed by atoms with E-state index in [9.17, 15) is 15.3 Å². The van der Waals surface area contributed by atoms with Gasteiger partial charge in [-0.2, -0.15) is 0 Å². The molecule has 2 fully saturated rings. The minimum atomic E-state index is -0.886. The van der Waals surface area contributed by atoms with Gasteiger partial charge in [-0.15, -0.1) is 0 Å². The predicted octanol–water partition coefficient (Wildman–Crippen LogP) is -1.37. The molecule has 3 N–H and O–H groups in total. The molecule has 0 radical (unpaired) electrons. The summed E-state index contributed by atoms with van der Waals surface area (Å²) in [4.78, 5) is 0. The van der Waals surface area contributed by atoms with Crippen molar-refractivity contribution in [1.82, 2.24) is 0 Å². The Morgan fingerprint density at radius 1 is 1.27 bits per heavy atom. The van der Waals surface area contributed by atoms with Crippen LogP contribution >= 0.6 is 0 Å². The van der Waals surface area contributed by atoms with E-state index in [1.54, 1.807) is 0 Å². The Kier molecular flexibility index (Phi) is 1.47. The third-order valence-corrected chi connectivity index (χ3v) is 2.51. The summed E-state index contributed by atoms with van der Waals surface area (Å²) in [5.74, 6) is 0. The molecule has 64 valence electrons. The van der Waals surface area contributed by atoms with Crippen molar-refractivity contribution in [3.63, 3.8) is 0 Å². The Morgan fingerprint density at radius 2 is 2.00 bits per heavy atom. The molecule has 2 bridgehead atoms. The Bertz CT molecular complexity index is 172. The summed E-state index contributed by atoms with van der Waals surface area (Å²) in [5, 5.41) is 28.1. The van der Waals surface area contributed by atoms with Crippen molar-refractivity contribution in [2.45, 2.75) is 36.8 Å². The first kappa shape index (κ1) is 7.49. The lowest BCUT2D eigenvalue weighted by Gasteiger charge is -2.32. The summed E-state index contributed by atoms with van der Waals surface area (Å²) in [5.41, 5.74) is -0.886. The highest BCUT2D eigenvalue weighted by Crippen LogP contribution is 2.36. The normalized spacial score (nSPS) is 56.5. The highest BCUT2D eigenvalue weighted by atomic mass is 16.5. The van der Waals surface area contributed by atoms with Gasteiger partial charge in [0.05, 0.1) is 24.4 Å². The van der Waals surface area contributed by atoms with Crippen LogP contribution in [0.4, 0.5) is 0 Å². The molecule has 0 spiro atoms. The van der Waals surface area contributed by atoms with Crippen LogP contribution in [0, 0.1) is 0 Å². The number of rotatable bonds is 0. The molecule has 0 unspecified atom stereocenters. The van der Waals surface area contributed by atoms with E-state index in [-0.39, 0.29) is 19.1 Å². The van der Waals surface area contributed by atoms with Gasteiger partial charge in [0.1, 0.15) is 6.10 Å². The Hall–Kier alpha value is -0.160. The second-order valence-electron chi connectivity index (χ2n) is 3.54. The molecule has 4 heteroatoms. The average Bonchev–Trinajstić information content (AvgIpc) is 2.25. The van der Waals surface area contributed by atoms with Gasteiger partial charge in [0.2, 0.25) is 0 Å². The molecule has 4 nitrogen and oxygen atoms in total. The minimum absolute atomic E-state index is 0.227. The third-order valence-electron chi connectivity index (χ3n) is 2.51. The number of hydrogen-bond donors (Lipinski definition) is 3. The van der Waals surface area contributed by atoms with Crippen molar-refractivity contribution in [3.05, 3.63) is 0 Å². The molecule has 11 heavy (non-hydrogen) atoms. The summed E-state index contributed by atoms with van der Waals surface area (Å²) in [6.45, 7) is 0.242. The van der Waals surface area contributed by atoms with Gasteiger partial charge in [0.15, 0.2) is 0 Å². The molecule has 0 aromatic carbocycles. The zero-order valence-corrected chi connectivity index (χ0v) is 6.10. The van der Waals surface area contributed by atoms with Crippen LogP contribution < -0.4 is 0 Å². The summed E-state index contributed by atoms with van der Waals surface area (Å²) in [6.07, 6.45) is -1.35. The minimum Gasteiger partial charge on any atom is -0.390 e. The molecule has 0 aromatic rings. The number of fused-ring (bicyclic) bond motifs is 2. The van der Waals surface area contributed by atoms with Gasteiger partial charge >= 0.3 is 0 Å². The van der Waals surface area contributed by atoms with Crippen molar-refractivity contribution in [3.8, 4) is 0 Å².